The molecule has 0 bridgehead atoms. The van der Waals surface area contributed by atoms with Crippen molar-refractivity contribution >= 4 is 38.6 Å². The number of alkyl halides is 3. The highest BCUT2D eigenvalue weighted by Gasteiger charge is 2.32. The lowest BCUT2D eigenvalue weighted by atomic mass is 10.1. The molecule has 164 valence electrons. The number of piperidine rings is 1. The van der Waals surface area contributed by atoms with Crippen LogP contribution in [0.4, 0.5) is 24.5 Å². The molecule has 1 N–H and O–H groups in total. The summed E-state index contributed by atoms with van der Waals surface area (Å²) in [6.45, 7) is 0.845. The maximum atomic E-state index is 13.2. The van der Waals surface area contributed by atoms with E-state index in [9.17, 15) is 26.4 Å². The Bertz CT molecular complexity index is 986. The van der Waals surface area contributed by atoms with Crippen LogP contribution in [-0.2, 0) is 21.0 Å². The van der Waals surface area contributed by atoms with Crippen molar-refractivity contribution in [2.75, 3.05) is 36.9 Å². The number of anilines is 2. The number of thiophene rings is 1. The third kappa shape index (κ3) is 5.13. The quantitative estimate of drug-likeness (QED) is 0.706. The summed E-state index contributed by atoms with van der Waals surface area (Å²) in [4.78, 5) is 14.5. The van der Waals surface area contributed by atoms with Gasteiger partial charge in [-0.2, -0.15) is 17.5 Å². The molecule has 3 rings (SSSR count). The van der Waals surface area contributed by atoms with Crippen molar-refractivity contribution in [1.82, 2.24) is 4.31 Å². The molecule has 1 aliphatic rings. The summed E-state index contributed by atoms with van der Waals surface area (Å²) in [6.07, 6.45) is -1.68. The first kappa shape index (κ1) is 22.6. The molecule has 0 unspecified atom stereocenters. The zero-order valence-corrected chi connectivity index (χ0v) is 17.9. The lowest BCUT2D eigenvalue weighted by molar-refractivity contribution is -0.137. The summed E-state index contributed by atoms with van der Waals surface area (Å²) < 4.78 is 65.5. The maximum absolute atomic E-state index is 13.2. The number of likely N-dealkylation sites (N-methyl/N-ethyl adjacent to an activating group) is 1. The lowest BCUT2D eigenvalue weighted by Gasteiger charge is -2.31. The number of nitrogens with one attached hydrogen (secondary N) is 1. The standard InChI is InChI=1S/C19H22F3N3O3S2/c1-24(30(27,28)18-6-5-11-29-18)13-17(26)23-15-12-14(19(20,21)22)7-8-16(15)25-9-3-2-4-10-25/h5-8,11-12H,2-4,9-10,13H2,1H3,(H,23,26). The van der Waals surface area contributed by atoms with Crippen molar-refractivity contribution in [3.63, 3.8) is 0 Å². The second kappa shape index (κ2) is 8.94. The summed E-state index contributed by atoms with van der Waals surface area (Å²) in [7, 11) is -2.59. The van der Waals surface area contributed by atoms with Crippen LogP contribution in [0.2, 0.25) is 0 Å². The predicted octanol–water partition coefficient (Wildman–Crippen LogP) is 4.02. The SMILES string of the molecule is CN(CC(=O)Nc1cc(C(F)(F)F)ccc1N1CCCCC1)S(=O)(=O)c1cccs1. The molecule has 1 fully saturated rings. The van der Waals surface area contributed by atoms with Gasteiger partial charge < -0.3 is 10.2 Å². The number of amides is 1. The Morgan fingerprint density at radius 1 is 1.20 bits per heavy atom. The number of carbonyl (C=O) groups excluding carboxylic acids is 1. The molecule has 11 heteroatoms. The van der Waals surface area contributed by atoms with Gasteiger partial charge in [-0.3, -0.25) is 4.79 Å². The van der Waals surface area contributed by atoms with Gasteiger partial charge in [0.15, 0.2) is 0 Å². The summed E-state index contributed by atoms with van der Waals surface area (Å²) in [5.74, 6) is -0.713. The van der Waals surface area contributed by atoms with Crippen LogP contribution < -0.4 is 10.2 Å². The van der Waals surface area contributed by atoms with Crippen molar-refractivity contribution in [2.45, 2.75) is 29.6 Å². The molecular formula is C19H22F3N3O3S2. The summed E-state index contributed by atoms with van der Waals surface area (Å²) in [6, 6.07) is 6.26. The highest BCUT2D eigenvalue weighted by atomic mass is 32.2. The van der Waals surface area contributed by atoms with E-state index in [4.69, 9.17) is 0 Å². The number of halogens is 3. The Labute approximate surface area is 177 Å². The van der Waals surface area contributed by atoms with E-state index in [1.807, 2.05) is 4.90 Å². The number of hydrogen-bond donors (Lipinski definition) is 1. The van der Waals surface area contributed by atoms with E-state index in [1.165, 1.54) is 19.2 Å². The fourth-order valence-electron chi connectivity index (χ4n) is 3.26. The second-order valence-electron chi connectivity index (χ2n) is 7.02. The monoisotopic (exact) mass is 461 g/mol. The molecule has 1 aromatic carbocycles. The lowest BCUT2D eigenvalue weighted by Crippen LogP contribution is -2.35. The van der Waals surface area contributed by atoms with Crippen molar-refractivity contribution in [3.05, 3.63) is 41.3 Å². The predicted molar refractivity (Wildman–Crippen MR) is 110 cm³/mol. The molecule has 2 aromatic rings. The average molecular weight is 462 g/mol. The number of sulfonamides is 1. The molecule has 2 heterocycles. The zero-order chi connectivity index (χ0) is 21.9. The van der Waals surface area contributed by atoms with Crippen LogP contribution in [0.3, 0.4) is 0 Å². The fourth-order valence-corrected chi connectivity index (χ4v) is 5.59. The molecule has 0 spiro atoms. The molecule has 0 saturated carbocycles. The number of benzene rings is 1. The Morgan fingerprint density at radius 2 is 1.90 bits per heavy atom. The van der Waals surface area contributed by atoms with Gasteiger partial charge in [-0.05, 0) is 48.9 Å². The van der Waals surface area contributed by atoms with Crippen molar-refractivity contribution in [3.8, 4) is 0 Å². The van der Waals surface area contributed by atoms with E-state index >= 15 is 0 Å². The van der Waals surface area contributed by atoms with Crippen molar-refractivity contribution in [2.24, 2.45) is 0 Å². The van der Waals surface area contributed by atoms with Gasteiger partial charge in [0, 0.05) is 20.1 Å². The molecule has 1 aliphatic heterocycles. The van der Waals surface area contributed by atoms with Crippen LogP contribution in [0, 0.1) is 0 Å². The summed E-state index contributed by atoms with van der Waals surface area (Å²) >= 11 is 1.02. The van der Waals surface area contributed by atoms with Gasteiger partial charge in [0.1, 0.15) is 4.21 Å². The first-order chi connectivity index (χ1) is 14.1. The van der Waals surface area contributed by atoms with Crippen molar-refractivity contribution in [1.29, 1.82) is 0 Å². The number of nitrogens with zero attached hydrogens (tertiary/aromatic N) is 2. The van der Waals surface area contributed by atoms with Crippen LogP contribution in [0.25, 0.3) is 0 Å². The Morgan fingerprint density at radius 3 is 2.50 bits per heavy atom. The maximum Gasteiger partial charge on any atom is 0.416 e. The van der Waals surface area contributed by atoms with Gasteiger partial charge in [-0.25, -0.2) is 8.42 Å². The van der Waals surface area contributed by atoms with Gasteiger partial charge >= 0.3 is 6.18 Å². The Hall–Kier alpha value is -2.11. The number of carbonyl (C=O) groups is 1. The van der Waals surface area contributed by atoms with E-state index in [2.05, 4.69) is 5.32 Å². The average Bonchev–Trinajstić information content (AvgIpc) is 3.23. The molecule has 6 nitrogen and oxygen atoms in total. The Kier molecular flexibility index (Phi) is 6.73. The van der Waals surface area contributed by atoms with Crippen molar-refractivity contribution < 1.29 is 26.4 Å². The molecule has 0 radical (unpaired) electrons. The zero-order valence-electron chi connectivity index (χ0n) is 16.3. The minimum absolute atomic E-state index is 0.0265. The van der Waals surface area contributed by atoms with E-state index in [-0.39, 0.29) is 9.90 Å². The number of rotatable bonds is 6. The molecule has 0 atom stereocenters. The minimum atomic E-state index is -4.56. The van der Waals surface area contributed by atoms with Crippen LogP contribution in [0.15, 0.2) is 39.9 Å². The molecule has 0 aliphatic carbocycles. The molecule has 30 heavy (non-hydrogen) atoms. The van der Waals surface area contributed by atoms with E-state index in [0.29, 0.717) is 18.8 Å². The number of hydrogen-bond acceptors (Lipinski definition) is 5. The normalized spacial score (nSPS) is 15.4. The van der Waals surface area contributed by atoms with Crippen LogP contribution in [-0.4, -0.2) is 45.3 Å². The van der Waals surface area contributed by atoms with E-state index in [1.54, 1.807) is 11.4 Å². The van der Waals surface area contributed by atoms with E-state index in [0.717, 1.165) is 47.0 Å². The highest BCUT2D eigenvalue weighted by molar-refractivity contribution is 7.91. The van der Waals surface area contributed by atoms with Gasteiger partial charge in [-0.15, -0.1) is 11.3 Å². The first-order valence-electron chi connectivity index (χ1n) is 9.35. The van der Waals surface area contributed by atoms with Crippen LogP contribution in [0.1, 0.15) is 24.8 Å². The first-order valence-corrected chi connectivity index (χ1v) is 11.7. The summed E-state index contributed by atoms with van der Waals surface area (Å²) in [5.41, 5.74) is -0.350. The largest absolute Gasteiger partial charge is 0.416 e. The molecule has 1 aromatic heterocycles. The smallest absolute Gasteiger partial charge is 0.370 e. The highest BCUT2D eigenvalue weighted by Crippen LogP contribution is 2.36. The third-order valence-electron chi connectivity index (χ3n) is 4.82. The topological polar surface area (TPSA) is 69.7 Å². The van der Waals surface area contributed by atoms with Gasteiger partial charge in [0.05, 0.1) is 23.5 Å². The van der Waals surface area contributed by atoms with Crippen LogP contribution in [0.5, 0.6) is 0 Å². The second-order valence-corrected chi connectivity index (χ2v) is 10.2. The minimum Gasteiger partial charge on any atom is -0.370 e. The van der Waals surface area contributed by atoms with Gasteiger partial charge in [-0.1, -0.05) is 6.07 Å². The van der Waals surface area contributed by atoms with Crippen LogP contribution >= 0.6 is 11.3 Å². The third-order valence-corrected chi connectivity index (χ3v) is 8.00. The molecular weight excluding hydrogens is 439 g/mol. The molecule has 1 amide bonds. The van der Waals surface area contributed by atoms with Gasteiger partial charge in [0.2, 0.25) is 5.91 Å². The van der Waals surface area contributed by atoms with Gasteiger partial charge in [0.25, 0.3) is 10.0 Å². The van der Waals surface area contributed by atoms with E-state index < -0.39 is 34.2 Å². The molecule has 1 saturated heterocycles. The fraction of sp³-hybridized carbons (Fsp3) is 0.421. The Balaban J connectivity index is 1.82. The summed E-state index contributed by atoms with van der Waals surface area (Å²) in [5, 5.41) is 4.09.